The second kappa shape index (κ2) is 6.16. The first-order chi connectivity index (χ1) is 9.97. The molecule has 3 rings (SSSR count). The van der Waals surface area contributed by atoms with Crippen LogP contribution in [0.3, 0.4) is 0 Å². The third-order valence-corrected chi connectivity index (χ3v) is 5.55. The van der Waals surface area contributed by atoms with Gasteiger partial charge in [-0.25, -0.2) is 0 Å². The van der Waals surface area contributed by atoms with E-state index in [1.807, 2.05) is 6.07 Å². The molecule has 1 saturated heterocycles. The molecule has 2 fully saturated rings. The van der Waals surface area contributed by atoms with Gasteiger partial charge >= 0.3 is 0 Å². The Morgan fingerprint density at radius 1 is 1.24 bits per heavy atom. The van der Waals surface area contributed by atoms with Crippen molar-refractivity contribution in [3.05, 3.63) is 26.6 Å². The van der Waals surface area contributed by atoms with E-state index in [-0.39, 0.29) is 6.23 Å². The van der Waals surface area contributed by atoms with Gasteiger partial charge in [0.2, 0.25) is 0 Å². The smallest absolute Gasteiger partial charge is 0.170 e. The molecule has 1 spiro atoms. The van der Waals surface area contributed by atoms with Crippen LogP contribution in [-0.2, 0) is 15.9 Å². The van der Waals surface area contributed by atoms with E-state index >= 15 is 0 Å². The van der Waals surface area contributed by atoms with Gasteiger partial charge in [0, 0.05) is 27.5 Å². The summed E-state index contributed by atoms with van der Waals surface area (Å²) in [5, 5.41) is 0. The van der Waals surface area contributed by atoms with E-state index in [4.69, 9.17) is 20.9 Å². The predicted molar refractivity (Wildman–Crippen MR) is 89.7 cm³/mol. The Bertz CT molecular complexity index is 531. The first-order valence-electron chi connectivity index (χ1n) is 7.28. The molecule has 1 aromatic carbocycles. The number of ether oxygens (including phenoxy) is 2. The lowest BCUT2D eigenvalue weighted by Gasteiger charge is -2.35. The first-order valence-corrected chi connectivity index (χ1v) is 8.87. The molecule has 4 N–H and O–H groups in total. The second-order valence-electron chi connectivity index (χ2n) is 5.99. The topological polar surface area (TPSA) is 70.5 Å². The minimum atomic E-state index is -0.417. The van der Waals surface area contributed by atoms with E-state index < -0.39 is 5.79 Å². The summed E-state index contributed by atoms with van der Waals surface area (Å²) in [7, 11) is 0. The van der Waals surface area contributed by atoms with Crippen molar-refractivity contribution < 1.29 is 9.47 Å². The van der Waals surface area contributed by atoms with Crippen molar-refractivity contribution in [2.24, 2.45) is 11.7 Å². The van der Waals surface area contributed by atoms with Crippen molar-refractivity contribution in [1.82, 2.24) is 0 Å². The fraction of sp³-hybridized carbons (Fsp3) is 0.600. The van der Waals surface area contributed by atoms with Crippen molar-refractivity contribution in [2.75, 3.05) is 12.3 Å². The fourth-order valence-corrected chi connectivity index (χ4v) is 4.59. The third kappa shape index (κ3) is 3.45. The average molecular weight is 420 g/mol. The van der Waals surface area contributed by atoms with Crippen LogP contribution >= 0.6 is 31.9 Å². The molecular weight excluding hydrogens is 400 g/mol. The van der Waals surface area contributed by atoms with Crippen LogP contribution in [-0.4, -0.2) is 18.6 Å². The Morgan fingerprint density at radius 2 is 1.95 bits per heavy atom. The zero-order chi connectivity index (χ0) is 15.0. The van der Waals surface area contributed by atoms with Crippen LogP contribution in [0.5, 0.6) is 0 Å². The maximum absolute atomic E-state index is 6.17. The number of nitrogen functional groups attached to an aromatic ring is 1. The highest BCUT2D eigenvalue weighted by Crippen LogP contribution is 2.41. The van der Waals surface area contributed by atoms with Crippen LogP contribution < -0.4 is 11.5 Å². The molecule has 1 aromatic rings. The van der Waals surface area contributed by atoms with Crippen molar-refractivity contribution in [3.63, 3.8) is 0 Å². The van der Waals surface area contributed by atoms with Crippen LogP contribution in [0, 0.1) is 5.92 Å². The molecule has 4 nitrogen and oxygen atoms in total. The number of nitrogens with two attached hydrogens (primary N) is 2. The second-order valence-corrected chi connectivity index (χ2v) is 7.76. The van der Waals surface area contributed by atoms with Crippen molar-refractivity contribution >= 4 is 37.5 Å². The summed E-state index contributed by atoms with van der Waals surface area (Å²) in [6.07, 6.45) is 4.72. The Balaban J connectivity index is 1.63. The summed E-state index contributed by atoms with van der Waals surface area (Å²) in [5.74, 6) is 0.197. The minimum absolute atomic E-state index is 0.266. The van der Waals surface area contributed by atoms with E-state index in [9.17, 15) is 0 Å². The number of benzene rings is 1. The molecule has 0 bridgehead atoms. The number of hydrogen-bond donors (Lipinski definition) is 2. The molecule has 6 heteroatoms. The SMILES string of the molecule is Nc1c(Br)cc(Br)cc1CC1CCC2(CC1)OCC(N)O2. The molecular formula is C15H20Br2N2O2. The molecule has 0 radical (unpaired) electrons. The molecule has 0 amide bonds. The summed E-state index contributed by atoms with van der Waals surface area (Å²) < 4.78 is 13.5. The Labute approximate surface area is 141 Å². The van der Waals surface area contributed by atoms with Gasteiger partial charge in [-0.2, -0.15) is 0 Å². The van der Waals surface area contributed by atoms with E-state index in [2.05, 4.69) is 37.9 Å². The number of rotatable bonds is 2. The quantitative estimate of drug-likeness (QED) is 0.719. The molecule has 0 aromatic heterocycles. The van der Waals surface area contributed by atoms with Gasteiger partial charge in [-0.15, -0.1) is 0 Å². The first kappa shape index (κ1) is 15.7. The summed E-state index contributed by atoms with van der Waals surface area (Å²) in [6.45, 7) is 0.510. The maximum Gasteiger partial charge on any atom is 0.170 e. The van der Waals surface area contributed by atoms with Gasteiger partial charge in [0.25, 0.3) is 0 Å². The summed E-state index contributed by atoms with van der Waals surface area (Å²) >= 11 is 7.04. The lowest BCUT2D eigenvalue weighted by molar-refractivity contribution is -0.191. The van der Waals surface area contributed by atoms with Crippen LogP contribution in [0.2, 0.25) is 0 Å². The van der Waals surface area contributed by atoms with Gasteiger partial charge < -0.3 is 20.9 Å². The molecule has 116 valence electrons. The van der Waals surface area contributed by atoms with Gasteiger partial charge in [0.1, 0.15) is 6.23 Å². The highest BCUT2D eigenvalue weighted by atomic mass is 79.9. The lowest BCUT2D eigenvalue weighted by atomic mass is 9.81. The van der Waals surface area contributed by atoms with Gasteiger partial charge in [-0.3, -0.25) is 0 Å². The Kier molecular flexibility index (Phi) is 4.62. The van der Waals surface area contributed by atoms with Gasteiger partial charge in [0.15, 0.2) is 5.79 Å². The number of anilines is 1. The van der Waals surface area contributed by atoms with Crippen molar-refractivity contribution in [1.29, 1.82) is 0 Å². The molecule has 2 aliphatic rings. The molecule has 1 unspecified atom stereocenters. The molecule has 21 heavy (non-hydrogen) atoms. The molecule has 1 aliphatic carbocycles. The fourth-order valence-electron chi connectivity index (χ4n) is 3.28. The molecule has 1 aliphatic heterocycles. The van der Waals surface area contributed by atoms with E-state index in [0.717, 1.165) is 46.7 Å². The van der Waals surface area contributed by atoms with Crippen LogP contribution in [0.25, 0.3) is 0 Å². The van der Waals surface area contributed by atoms with E-state index in [1.54, 1.807) is 0 Å². The standard InChI is InChI=1S/C15H20Br2N2O2/c16-11-6-10(14(19)12(17)7-11)5-9-1-3-15(4-2-9)20-8-13(18)21-15/h6-7,9,13H,1-5,8,18-19H2. The summed E-state index contributed by atoms with van der Waals surface area (Å²) in [5.41, 5.74) is 14.0. The minimum Gasteiger partial charge on any atom is -0.398 e. The normalized spacial score (nSPS) is 32.7. The highest BCUT2D eigenvalue weighted by Gasteiger charge is 2.43. The van der Waals surface area contributed by atoms with Crippen LogP contribution in [0.1, 0.15) is 31.2 Å². The molecule has 1 saturated carbocycles. The zero-order valence-corrected chi connectivity index (χ0v) is 15.0. The Hall–Kier alpha value is -0.140. The third-order valence-electron chi connectivity index (χ3n) is 4.43. The van der Waals surface area contributed by atoms with Gasteiger partial charge in [-0.1, -0.05) is 15.9 Å². The average Bonchev–Trinajstić information content (AvgIpc) is 2.79. The van der Waals surface area contributed by atoms with Crippen molar-refractivity contribution in [2.45, 2.75) is 44.1 Å². The van der Waals surface area contributed by atoms with Crippen LogP contribution in [0.15, 0.2) is 21.1 Å². The lowest BCUT2D eigenvalue weighted by Crippen LogP contribution is -2.37. The maximum atomic E-state index is 6.17. The van der Waals surface area contributed by atoms with Gasteiger partial charge in [0.05, 0.1) is 6.61 Å². The zero-order valence-electron chi connectivity index (χ0n) is 11.8. The van der Waals surface area contributed by atoms with Gasteiger partial charge in [-0.05, 0) is 58.8 Å². The largest absolute Gasteiger partial charge is 0.398 e. The molecule has 1 heterocycles. The Morgan fingerprint density at radius 3 is 2.57 bits per heavy atom. The predicted octanol–water partition coefficient (Wildman–Crippen LogP) is 3.55. The summed E-state index contributed by atoms with van der Waals surface area (Å²) in [4.78, 5) is 0. The van der Waals surface area contributed by atoms with Crippen LogP contribution in [0.4, 0.5) is 5.69 Å². The number of halogens is 2. The summed E-state index contributed by atoms with van der Waals surface area (Å²) in [6, 6.07) is 4.10. The van der Waals surface area contributed by atoms with E-state index in [1.165, 1.54) is 5.56 Å². The molecule has 1 atom stereocenters. The monoisotopic (exact) mass is 418 g/mol. The van der Waals surface area contributed by atoms with E-state index in [0.29, 0.717) is 12.5 Å². The van der Waals surface area contributed by atoms with Crippen molar-refractivity contribution in [3.8, 4) is 0 Å². The highest BCUT2D eigenvalue weighted by molar-refractivity contribution is 9.11. The number of hydrogen-bond acceptors (Lipinski definition) is 4.